The van der Waals surface area contributed by atoms with Gasteiger partial charge in [0.05, 0.1) is 25.7 Å². The first kappa shape index (κ1) is 25.8. The third-order valence-electron chi connectivity index (χ3n) is 2.92. The maximum atomic E-state index is 11.7. The second kappa shape index (κ2) is 12.9. The number of aromatic nitrogens is 1. The third kappa shape index (κ3) is 9.01. The van der Waals surface area contributed by atoms with Crippen LogP contribution in [0.5, 0.6) is 0 Å². The summed E-state index contributed by atoms with van der Waals surface area (Å²) in [5, 5.41) is 7.23. The van der Waals surface area contributed by atoms with Gasteiger partial charge in [0.1, 0.15) is 5.01 Å². The van der Waals surface area contributed by atoms with Gasteiger partial charge in [-0.15, -0.1) is 36.2 Å². The fraction of sp³-hybridized carbons (Fsp3) is 0.571. The zero-order valence-corrected chi connectivity index (χ0v) is 16.7. The molecule has 0 bridgehead atoms. The smallest absolute Gasteiger partial charge is 0.357 e. The van der Waals surface area contributed by atoms with E-state index in [1.54, 1.807) is 12.3 Å². The number of carbonyl (C=O) groups is 3. The molecule has 2 amide bonds. The van der Waals surface area contributed by atoms with Crippen LogP contribution in [0.3, 0.4) is 0 Å². The van der Waals surface area contributed by atoms with Crippen LogP contribution in [-0.2, 0) is 20.9 Å². The zero-order valence-electron chi connectivity index (χ0n) is 14.2. The van der Waals surface area contributed by atoms with Crippen molar-refractivity contribution in [2.75, 3.05) is 13.2 Å². The summed E-state index contributed by atoms with van der Waals surface area (Å²) in [4.78, 5) is 38.8. The molecular formula is C14H24Cl2N4O4S. The molecule has 8 nitrogen and oxygen atoms in total. The summed E-state index contributed by atoms with van der Waals surface area (Å²) < 4.78 is 4.83. The van der Waals surface area contributed by atoms with Crippen molar-refractivity contribution in [2.24, 2.45) is 11.7 Å². The van der Waals surface area contributed by atoms with Crippen molar-refractivity contribution >= 4 is 53.9 Å². The summed E-state index contributed by atoms with van der Waals surface area (Å²) in [5.74, 6) is -1.22. The van der Waals surface area contributed by atoms with Gasteiger partial charge in [-0.2, -0.15) is 0 Å². The summed E-state index contributed by atoms with van der Waals surface area (Å²) in [6, 6.07) is -0.645. The number of esters is 1. The number of hydrogen-bond donors (Lipinski definition) is 3. The maximum absolute atomic E-state index is 11.7. The van der Waals surface area contributed by atoms with Crippen molar-refractivity contribution in [1.82, 2.24) is 15.6 Å². The van der Waals surface area contributed by atoms with Crippen molar-refractivity contribution in [3.8, 4) is 0 Å². The van der Waals surface area contributed by atoms with E-state index in [4.69, 9.17) is 10.5 Å². The van der Waals surface area contributed by atoms with Crippen molar-refractivity contribution in [2.45, 2.75) is 33.4 Å². The second-order valence-corrected chi connectivity index (χ2v) is 6.05. The number of amides is 2. The minimum absolute atomic E-state index is 0. The van der Waals surface area contributed by atoms with Crippen LogP contribution in [0.4, 0.5) is 0 Å². The van der Waals surface area contributed by atoms with Crippen LogP contribution in [0, 0.1) is 5.92 Å². The van der Waals surface area contributed by atoms with E-state index in [9.17, 15) is 14.4 Å². The predicted octanol–water partition coefficient (Wildman–Crippen LogP) is 0.879. The first-order valence-electron chi connectivity index (χ1n) is 7.26. The highest BCUT2D eigenvalue weighted by atomic mass is 35.5. The molecule has 0 aliphatic carbocycles. The Labute approximate surface area is 163 Å². The van der Waals surface area contributed by atoms with E-state index in [0.717, 1.165) is 0 Å². The average Bonchev–Trinajstić information content (AvgIpc) is 2.99. The molecule has 11 heteroatoms. The number of rotatable bonds is 8. The Balaban J connectivity index is 0. The Morgan fingerprint density at radius 2 is 1.92 bits per heavy atom. The number of hydrogen-bond acceptors (Lipinski definition) is 7. The van der Waals surface area contributed by atoms with Gasteiger partial charge in [-0.05, 0) is 12.8 Å². The molecule has 25 heavy (non-hydrogen) atoms. The van der Waals surface area contributed by atoms with Gasteiger partial charge in [0.25, 0.3) is 0 Å². The van der Waals surface area contributed by atoms with Crippen LogP contribution >= 0.6 is 36.2 Å². The van der Waals surface area contributed by atoms with Crippen LogP contribution in [0.15, 0.2) is 5.38 Å². The minimum Gasteiger partial charge on any atom is -0.461 e. The molecule has 0 radical (unpaired) electrons. The molecule has 1 atom stereocenters. The molecular weight excluding hydrogens is 391 g/mol. The lowest BCUT2D eigenvalue weighted by Crippen LogP contribution is -2.47. The Bertz CT molecular complexity index is 569. The van der Waals surface area contributed by atoms with Gasteiger partial charge in [-0.3, -0.25) is 9.59 Å². The Kier molecular flexibility index (Phi) is 13.3. The summed E-state index contributed by atoms with van der Waals surface area (Å²) in [6.07, 6.45) is 0. The molecule has 0 aromatic carbocycles. The molecule has 0 saturated heterocycles. The Morgan fingerprint density at radius 1 is 1.28 bits per heavy atom. The van der Waals surface area contributed by atoms with Gasteiger partial charge >= 0.3 is 5.97 Å². The topological polar surface area (TPSA) is 123 Å². The number of carbonyl (C=O) groups excluding carboxylic acids is 3. The first-order valence-corrected chi connectivity index (χ1v) is 8.14. The SMILES string of the molecule is CCOC(=O)c1csc(CNC(=O)CNC(=O)[C@@H](N)C(C)C)n1.Cl.Cl. The van der Waals surface area contributed by atoms with Crippen molar-refractivity contribution in [1.29, 1.82) is 0 Å². The van der Waals surface area contributed by atoms with E-state index in [1.165, 1.54) is 11.3 Å². The molecule has 0 aliphatic rings. The van der Waals surface area contributed by atoms with Crippen molar-refractivity contribution < 1.29 is 19.1 Å². The van der Waals surface area contributed by atoms with Crippen LogP contribution in [-0.4, -0.2) is 42.0 Å². The monoisotopic (exact) mass is 414 g/mol. The maximum Gasteiger partial charge on any atom is 0.357 e. The molecule has 0 saturated carbocycles. The quantitative estimate of drug-likeness (QED) is 0.542. The van der Waals surface area contributed by atoms with E-state index in [0.29, 0.717) is 5.01 Å². The first-order chi connectivity index (χ1) is 10.8. The molecule has 4 N–H and O–H groups in total. The molecule has 1 aromatic heterocycles. The summed E-state index contributed by atoms with van der Waals surface area (Å²) in [5.41, 5.74) is 5.89. The Morgan fingerprint density at radius 3 is 2.48 bits per heavy atom. The van der Waals surface area contributed by atoms with Crippen LogP contribution in [0.1, 0.15) is 36.3 Å². The molecule has 0 spiro atoms. The number of ether oxygens (including phenoxy) is 1. The normalized spacial score (nSPS) is 10.9. The average molecular weight is 415 g/mol. The van der Waals surface area contributed by atoms with E-state index in [2.05, 4.69) is 15.6 Å². The summed E-state index contributed by atoms with van der Waals surface area (Å²) >= 11 is 1.24. The lowest BCUT2D eigenvalue weighted by atomic mass is 10.1. The van der Waals surface area contributed by atoms with Crippen molar-refractivity contribution in [3.63, 3.8) is 0 Å². The minimum atomic E-state index is -0.645. The predicted molar refractivity (Wildman–Crippen MR) is 100 cm³/mol. The highest BCUT2D eigenvalue weighted by Gasteiger charge is 2.17. The number of halogens is 2. The fourth-order valence-corrected chi connectivity index (χ4v) is 2.22. The summed E-state index contributed by atoms with van der Waals surface area (Å²) in [7, 11) is 0. The third-order valence-corrected chi connectivity index (χ3v) is 3.77. The Hall–Kier alpha value is -1.42. The van der Waals surface area contributed by atoms with Gasteiger partial charge in [-0.25, -0.2) is 9.78 Å². The van der Waals surface area contributed by atoms with E-state index >= 15 is 0 Å². The van der Waals surface area contributed by atoms with Gasteiger partial charge in [-0.1, -0.05) is 13.8 Å². The van der Waals surface area contributed by atoms with Gasteiger partial charge < -0.3 is 21.1 Å². The van der Waals surface area contributed by atoms with Gasteiger partial charge in [0.15, 0.2) is 5.69 Å². The van der Waals surface area contributed by atoms with Crippen LogP contribution < -0.4 is 16.4 Å². The fourth-order valence-electron chi connectivity index (χ4n) is 1.52. The molecule has 0 fully saturated rings. The number of nitrogens with zero attached hydrogens (tertiary/aromatic N) is 1. The lowest BCUT2D eigenvalue weighted by molar-refractivity contribution is -0.127. The number of thiazole rings is 1. The molecule has 1 heterocycles. The molecule has 1 rings (SSSR count). The van der Waals surface area contributed by atoms with Crippen molar-refractivity contribution in [3.05, 3.63) is 16.1 Å². The highest BCUT2D eigenvalue weighted by molar-refractivity contribution is 7.09. The van der Waals surface area contributed by atoms with Gasteiger partial charge in [0.2, 0.25) is 11.8 Å². The molecule has 144 valence electrons. The standard InChI is InChI=1S/C14H22N4O4S.2ClH/c1-4-22-14(21)9-7-23-11(18-9)6-16-10(19)5-17-13(20)12(15)8(2)3;;/h7-8,12H,4-6,15H2,1-3H3,(H,16,19)(H,17,20);2*1H/t12-;;/m0../s1. The largest absolute Gasteiger partial charge is 0.461 e. The number of nitrogens with two attached hydrogens (primary N) is 1. The van der Waals surface area contributed by atoms with E-state index < -0.39 is 12.0 Å². The number of nitrogens with one attached hydrogen (secondary N) is 2. The molecule has 1 aromatic rings. The van der Waals surface area contributed by atoms with Crippen LogP contribution in [0.2, 0.25) is 0 Å². The van der Waals surface area contributed by atoms with E-state index in [-0.39, 0.29) is 67.9 Å². The molecule has 0 unspecified atom stereocenters. The highest BCUT2D eigenvalue weighted by Crippen LogP contribution is 2.10. The summed E-state index contributed by atoms with van der Waals surface area (Å²) in [6.45, 7) is 5.66. The molecule has 0 aliphatic heterocycles. The second-order valence-electron chi connectivity index (χ2n) is 5.11. The zero-order chi connectivity index (χ0) is 17.4. The van der Waals surface area contributed by atoms with Crippen LogP contribution in [0.25, 0.3) is 0 Å². The lowest BCUT2D eigenvalue weighted by Gasteiger charge is -2.14. The van der Waals surface area contributed by atoms with E-state index in [1.807, 2.05) is 13.8 Å². The van der Waals surface area contributed by atoms with Gasteiger partial charge in [0, 0.05) is 5.38 Å².